The third-order valence-corrected chi connectivity index (χ3v) is 4.73. The summed E-state index contributed by atoms with van der Waals surface area (Å²) in [5.41, 5.74) is 0.857. The van der Waals surface area contributed by atoms with Gasteiger partial charge in [0.05, 0.1) is 16.3 Å². The molecule has 0 aliphatic carbocycles. The first-order chi connectivity index (χ1) is 10.2. The Balaban J connectivity index is 1.55. The van der Waals surface area contributed by atoms with E-state index in [-0.39, 0.29) is 12.0 Å². The molecule has 1 aliphatic heterocycles. The highest BCUT2D eigenvalue weighted by molar-refractivity contribution is 7.22. The van der Waals surface area contributed by atoms with Crippen LogP contribution in [0.25, 0.3) is 10.2 Å². The Kier molecular flexibility index (Phi) is 4.73. The zero-order valence-electron chi connectivity index (χ0n) is 11.6. The Hall–Kier alpha value is -1.17. The van der Waals surface area contributed by atoms with Crippen LogP contribution in [0.2, 0.25) is 5.02 Å². The Bertz CT molecular complexity index is 638. The number of halogens is 1. The molecule has 1 N–H and O–H groups in total. The molecule has 2 aromatic rings. The van der Waals surface area contributed by atoms with E-state index in [4.69, 9.17) is 16.3 Å². The zero-order chi connectivity index (χ0) is 14.7. The standard InChI is InChI=1S/C15H17ClN2O2S/c16-10-4-6-12-13(9-10)21-15(17-12)18-14(19)7-5-11-3-1-2-8-20-11/h4,6,9,11H,1-3,5,7-8H2,(H,17,18,19). The summed E-state index contributed by atoms with van der Waals surface area (Å²) in [5, 5.41) is 4.17. The number of amides is 1. The van der Waals surface area contributed by atoms with Gasteiger partial charge in [-0.15, -0.1) is 0 Å². The van der Waals surface area contributed by atoms with Gasteiger partial charge in [0.25, 0.3) is 0 Å². The fourth-order valence-electron chi connectivity index (χ4n) is 2.46. The van der Waals surface area contributed by atoms with E-state index in [1.54, 1.807) is 6.07 Å². The van der Waals surface area contributed by atoms with Gasteiger partial charge in [0.2, 0.25) is 5.91 Å². The van der Waals surface area contributed by atoms with Crippen molar-refractivity contribution in [2.75, 3.05) is 11.9 Å². The molecule has 1 aromatic heterocycles. The van der Waals surface area contributed by atoms with Crippen molar-refractivity contribution < 1.29 is 9.53 Å². The van der Waals surface area contributed by atoms with Crippen molar-refractivity contribution in [3.05, 3.63) is 23.2 Å². The highest BCUT2D eigenvalue weighted by atomic mass is 35.5. The van der Waals surface area contributed by atoms with Crippen LogP contribution in [0.3, 0.4) is 0 Å². The third kappa shape index (κ3) is 3.93. The molecule has 1 amide bonds. The van der Waals surface area contributed by atoms with E-state index in [0.29, 0.717) is 16.6 Å². The molecule has 0 spiro atoms. The molecule has 0 radical (unpaired) electrons. The van der Waals surface area contributed by atoms with E-state index in [1.807, 2.05) is 12.1 Å². The first kappa shape index (κ1) is 14.8. The van der Waals surface area contributed by atoms with Crippen LogP contribution in [0.1, 0.15) is 32.1 Å². The molecular formula is C15H17ClN2O2S. The normalized spacial score (nSPS) is 18.8. The molecule has 0 saturated carbocycles. The Morgan fingerprint density at radius 2 is 2.38 bits per heavy atom. The van der Waals surface area contributed by atoms with Crippen molar-refractivity contribution in [3.63, 3.8) is 0 Å². The predicted octanol–water partition coefficient (Wildman–Crippen LogP) is 4.24. The van der Waals surface area contributed by atoms with Gasteiger partial charge in [-0.25, -0.2) is 4.98 Å². The molecule has 1 unspecified atom stereocenters. The molecule has 4 nitrogen and oxygen atoms in total. The maximum atomic E-state index is 12.0. The molecule has 1 fully saturated rings. The number of nitrogens with one attached hydrogen (secondary N) is 1. The van der Waals surface area contributed by atoms with Gasteiger partial charge in [0, 0.05) is 18.1 Å². The number of ether oxygens (including phenoxy) is 1. The molecule has 21 heavy (non-hydrogen) atoms. The molecule has 3 rings (SSSR count). The molecule has 2 heterocycles. The van der Waals surface area contributed by atoms with E-state index in [0.717, 1.165) is 36.1 Å². The lowest BCUT2D eigenvalue weighted by molar-refractivity contribution is -0.117. The molecule has 1 aliphatic rings. The van der Waals surface area contributed by atoms with Gasteiger partial charge in [-0.2, -0.15) is 0 Å². The first-order valence-electron chi connectivity index (χ1n) is 7.18. The molecular weight excluding hydrogens is 308 g/mol. The molecule has 1 saturated heterocycles. The number of carbonyl (C=O) groups is 1. The average Bonchev–Trinajstić information content (AvgIpc) is 2.87. The van der Waals surface area contributed by atoms with Crippen molar-refractivity contribution in [1.29, 1.82) is 0 Å². The Morgan fingerprint density at radius 1 is 1.48 bits per heavy atom. The highest BCUT2D eigenvalue weighted by Crippen LogP contribution is 2.28. The summed E-state index contributed by atoms with van der Waals surface area (Å²) in [4.78, 5) is 16.4. The van der Waals surface area contributed by atoms with Gasteiger partial charge in [0.1, 0.15) is 0 Å². The summed E-state index contributed by atoms with van der Waals surface area (Å²) in [6.45, 7) is 0.824. The van der Waals surface area contributed by atoms with Gasteiger partial charge < -0.3 is 10.1 Å². The number of fused-ring (bicyclic) bond motifs is 1. The number of thiazole rings is 1. The minimum Gasteiger partial charge on any atom is -0.378 e. The maximum absolute atomic E-state index is 12.0. The van der Waals surface area contributed by atoms with Crippen LogP contribution in [0.5, 0.6) is 0 Å². The second kappa shape index (κ2) is 6.73. The maximum Gasteiger partial charge on any atom is 0.226 e. The molecule has 1 aromatic carbocycles. The lowest BCUT2D eigenvalue weighted by Gasteiger charge is -2.21. The predicted molar refractivity (Wildman–Crippen MR) is 86.1 cm³/mol. The number of benzene rings is 1. The second-order valence-electron chi connectivity index (χ2n) is 5.21. The average molecular weight is 325 g/mol. The molecule has 0 bridgehead atoms. The number of carbonyl (C=O) groups excluding carboxylic acids is 1. The minimum absolute atomic E-state index is 0.00525. The quantitative estimate of drug-likeness (QED) is 0.915. The SMILES string of the molecule is O=C(CCC1CCCCO1)Nc1nc2ccc(Cl)cc2s1. The molecule has 1 atom stereocenters. The van der Waals surface area contributed by atoms with Crippen LogP contribution < -0.4 is 5.32 Å². The largest absolute Gasteiger partial charge is 0.378 e. The van der Waals surface area contributed by atoms with Gasteiger partial charge in [-0.05, 0) is 43.9 Å². The van der Waals surface area contributed by atoms with Gasteiger partial charge in [0.15, 0.2) is 5.13 Å². The highest BCUT2D eigenvalue weighted by Gasteiger charge is 2.16. The van der Waals surface area contributed by atoms with E-state index < -0.39 is 0 Å². The molecule has 112 valence electrons. The Morgan fingerprint density at radius 3 is 3.19 bits per heavy atom. The van der Waals surface area contributed by atoms with E-state index in [1.165, 1.54) is 17.8 Å². The van der Waals surface area contributed by atoms with E-state index >= 15 is 0 Å². The lowest BCUT2D eigenvalue weighted by atomic mass is 10.0. The fraction of sp³-hybridized carbons (Fsp3) is 0.467. The van der Waals surface area contributed by atoms with Crippen molar-refractivity contribution in [1.82, 2.24) is 4.98 Å². The van der Waals surface area contributed by atoms with Gasteiger partial charge in [-0.3, -0.25) is 4.79 Å². The number of rotatable bonds is 4. The summed E-state index contributed by atoms with van der Waals surface area (Å²) < 4.78 is 6.61. The molecule has 6 heteroatoms. The van der Waals surface area contributed by atoms with Crippen molar-refractivity contribution in [2.45, 2.75) is 38.2 Å². The van der Waals surface area contributed by atoms with Crippen LogP contribution >= 0.6 is 22.9 Å². The van der Waals surface area contributed by atoms with Crippen molar-refractivity contribution in [2.24, 2.45) is 0 Å². The second-order valence-corrected chi connectivity index (χ2v) is 6.67. The monoisotopic (exact) mass is 324 g/mol. The topological polar surface area (TPSA) is 51.2 Å². The fourth-order valence-corrected chi connectivity index (χ4v) is 3.62. The summed E-state index contributed by atoms with van der Waals surface area (Å²) in [6, 6.07) is 5.52. The van der Waals surface area contributed by atoms with E-state index in [2.05, 4.69) is 10.3 Å². The van der Waals surface area contributed by atoms with Crippen LogP contribution in [-0.4, -0.2) is 23.6 Å². The Labute approximate surface area is 132 Å². The van der Waals surface area contributed by atoms with Crippen LogP contribution in [-0.2, 0) is 9.53 Å². The van der Waals surface area contributed by atoms with Crippen molar-refractivity contribution in [3.8, 4) is 0 Å². The third-order valence-electron chi connectivity index (χ3n) is 3.56. The number of nitrogens with zero attached hydrogens (tertiary/aromatic N) is 1. The number of hydrogen-bond acceptors (Lipinski definition) is 4. The first-order valence-corrected chi connectivity index (χ1v) is 8.38. The van der Waals surface area contributed by atoms with E-state index in [9.17, 15) is 4.79 Å². The zero-order valence-corrected chi connectivity index (χ0v) is 13.2. The van der Waals surface area contributed by atoms with Crippen molar-refractivity contribution >= 4 is 44.2 Å². The number of aromatic nitrogens is 1. The van der Waals surface area contributed by atoms with Gasteiger partial charge >= 0.3 is 0 Å². The van der Waals surface area contributed by atoms with Crippen LogP contribution in [0.15, 0.2) is 18.2 Å². The lowest BCUT2D eigenvalue weighted by Crippen LogP contribution is -2.21. The summed E-state index contributed by atoms with van der Waals surface area (Å²) in [7, 11) is 0. The van der Waals surface area contributed by atoms with Crippen LogP contribution in [0.4, 0.5) is 5.13 Å². The summed E-state index contributed by atoms with van der Waals surface area (Å²) in [6.07, 6.45) is 4.89. The van der Waals surface area contributed by atoms with Crippen LogP contribution in [0, 0.1) is 0 Å². The number of hydrogen-bond donors (Lipinski definition) is 1. The summed E-state index contributed by atoms with van der Waals surface area (Å²) >= 11 is 7.39. The smallest absolute Gasteiger partial charge is 0.226 e. The number of anilines is 1. The van der Waals surface area contributed by atoms with Gasteiger partial charge in [-0.1, -0.05) is 22.9 Å². The minimum atomic E-state index is -0.00525. The summed E-state index contributed by atoms with van der Waals surface area (Å²) in [5.74, 6) is -0.00525.